The summed E-state index contributed by atoms with van der Waals surface area (Å²) < 4.78 is 5.65. The Balaban J connectivity index is 2.39. The van der Waals surface area contributed by atoms with Crippen LogP contribution in [0, 0.1) is 6.92 Å². The molecule has 0 atom stereocenters. The van der Waals surface area contributed by atoms with Crippen molar-refractivity contribution in [1.29, 1.82) is 0 Å². The molecule has 0 saturated heterocycles. The summed E-state index contributed by atoms with van der Waals surface area (Å²) in [5.41, 5.74) is 12.6. The Morgan fingerprint density at radius 2 is 1.95 bits per heavy atom. The van der Waals surface area contributed by atoms with E-state index < -0.39 is 5.91 Å². The fraction of sp³-hybridized carbons (Fsp3) is 0.0714. The van der Waals surface area contributed by atoms with Crippen molar-refractivity contribution in [3.63, 3.8) is 0 Å². The van der Waals surface area contributed by atoms with Gasteiger partial charge in [0.15, 0.2) is 0 Å². The molecule has 0 spiro atoms. The van der Waals surface area contributed by atoms with E-state index in [0.717, 1.165) is 5.56 Å². The molecule has 0 unspecified atom stereocenters. The standard InChI is InChI=1S/C14H13ClN2O2/c1-8-6-10(3-5-12(8)15)19-13-7-9(16)2-4-11(13)14(17)18/h2-7H,16H2,1H3,(H2,17,18). The number of carbonyl (C=O) groups is 1. The Hall–Kier alpha value is -2.20. The van der Waals surface area contributed by atoms with Gasteiger partial charge in [0.05, 0.1) is 5.56 Å². The summed E-state index contributed by atoms with van der Waals surface area (Å²) in [4.78, 5) is 11.3. The molecule has 2 aromatic carbocycles. The van der Waals surface area contributed by atoms with Crippen molar-refractivity contribution in [2.24, 2.45) is 5.73 Å². The average Bonchev–Trinajstić information content (AvgIpc) is 2.33. The molecule has 98 valence electrons. The minimum atomic E-state index is -0.569. The SMILES string of the molecule is Cc1cc(Oc2cc(N)ccc2C(N)=O)ccc1Cl. The largest absolute Gasteiger partial charge is 0.456 e. The summed E-state index contributed by atoms with van der Waals surface area (Å²) in [6.45, 7) is 1.86. The molecular formula is C14H13ClN2O2. The van der Waals surface area contributed by atoms with Crippen LogP contribution in [0.4, 0.5) is 5.69 Å². The van der Waals surface area contributed by atoms with Gasteiger partial charge < -0.3 is 16.2 Å². The third-order valence-corrected chi connectivity index (χ3v) is 3.05. The zero-order chi connectivity index (χ0) is 14.0. The monoisotopic (exact) mass is 276 g/mol. The molecule has 1 amide bonds. The van der Waals surface area contributed by atoms with Crippen LogP contribution in [0.2, 0.25) is 5.02 Å². The highest BCUT2D eigenvalue weighted by Crippen LogP contribution is 2.29. The van der Waals surface area contributed by atoms with Crippen molar-refractivity contribution in [2.45, 2.75) is 6.92 Å². The van der Waals surface area contributed by atoms with Gasteiger partial charge in [-0.3, -0.25) is 4.79 Å². The van der Waals surface area contributed by atoms with Crippen LogP contribution in [-0.2, 0) is 0 Å². The smallest absolute Gasteiger partial charge is 0.252 e. The molecule has 4 N–H and O–H groups in total. The van der Waals surface area contributed by atoms with Crippen molar-refractivity contribution < 1.29 is 9.53 Å². The Labute approximate surface area is 115 Å². The topological polar surface area (TPSA) is 78.3 Å². The number of amides is 1. The number of nitrogens with two attached hydrogens (primary N) is 2. The predicted molar refractivity (Wildman–Crippen MR) is 75.6 cm³/mol. The molecule has 2 rings (SSSR count). The van der Waals surface area contributed by atoms with Gasteiger partial charge in [0, 0.05) is 16.8 Å². The van der Waals surface area contributed by atoms with Gasteiger partial charge in [0.1, 0.15) is 11.5 Å². The van der Waals surface area contributed by atoms with Crippen LogP contribution in [-0.4, -0.2) is 5.91 Å². The highest BCUT2D eigenvalue weighted by Gasteiger charge is 2.11. The lowest BCUT2D eigenvalue weighted by molar-refractivity contribution is 0.0998. The van der Waals surface area contributed by atoms with Crippen molar-refractivity contribution in [3.8, 4) is 11.5 Å². The van der Waals surface area contributed by atoms with Gasteiger partial charge >= 0.3 is 0 Å². The maximum Gasteiger partial charge on any atom is 0.252 e. The lowest BCUT2D eigenvalue weighted by Crippen LogP contribution is -2.12. The zero-order valence-electron chi connectivity index (χ0n) is 10.3. The van der Waals surface area contributed by atoms with E-state index in [-0.39, 0.29) is 5.56 Å². The van der Waals surface area contributed by atoms with E-state index in [0.29, 0.717) is 22.2 Å². The third kappa shape index (κ3) is 2.98. The Kier molecular flexibility index (Phi) is 3.62. The number of hydrogen-bond donors (Lipinski definition) is 2. The van der Waals surface area contributed by atoms with Crippen LogP contribution in [0.15, 0.2) is 36.4 Å². The fourth-order valence-corrected chi connectivity index (χ4v) is 1.75. The molecule has 0 aliphatic rings. The van der Waals surface area contributed by atoms with Gasteiger partial charge in [-0.2, -0.15) is 0 Å². The maximum atomic E-state index is 11.3. The first-order chi connectivity index (χ1) is 8.97. The van der Waals surface area contributed by atoms with E-state index in [1.54, 1.807) is 30.3 Å². The quantitative estimate of drug-likeness (QED) is 0.846. The Morgan fingerprint density at radius 1 is 1.21 bits per heavy atom. The Bertz CT molecular complexity index is 641. The van der Waals surface area contributed by atoms with E-state index in [1.165, 1.54) is 6.07 Å². The predicted octanol–water partition coefficient (Wildman–Crippen LogP) is 3.12. The number of primary amides is 1. The first-order valence-corrected chi connectivity index (χ1v) is 5.98. The summed E-state index contributed by atoms with van der Waals surface area (Å²) in [5, 5.41) is 0.648. The number of anilines is 1. The summed E-state index contributed by atoms with van der Waals surface area (Å²) in [6, 6.07) is 9.90. The molecule has 0 aliphatic carbocycles. The molecule has 0 aliphatic heterocycles. The summed E-state index contributed by atoms with van der Waals surface area (Å²) in [5.74, 6) is 0.324. The molecule has 0 aromatic heterocycles. The van der Waals surface area contributed by atoms with Gasteiger partial charge in [-0.25, -0.2) is 0 Å². The highest BCUT2D eigenvalue weighted by atomic mass is 35.5. The minimum absolute atomic E-state index is 0.279. The normalized spacial score (nSPS) is 10.2. The molecule has 5 heteroatoms. The maximum absolute atomic E-state index is 11.3. The summed E-state index contributed by atoms with van der Waals surface area (Å²) >= 11 is 5.94. The number of halogens is 1. The summed E-state index contributed by atoms with van der Waals surface area (Å²) in [6.07, 6.45) is 0. The second-order valence-electron chi connectivity index (χ2n) is 4.13. The number of benzene rings is 2. The van der Waals surface area contributed by atoms with Crippen LogP contribution >= 0.6 is 11.6 Å². The van der Waals surface area contributed by atoms with Gasteiger partial charge in [-0.15, -0.1) is 0 Å². The lowest BCUT2D eigenvalue weighted by Gasteiger charge is -2.11. The second-order valence-corrected chi connectivity index (χ2v) is 4.54. The van der Waals surface area contributed by atoms with Gasteiger partial charge in [-0.05, 0) is 42.8 Å². The second kappa shape index (κ2) is 5.20. The summed E-state index contributed by atoms with van der Waals surface area (Å²) in [7, 11) is 0. The van der Waals surface area contributed by atoms with E-state index in [4.69, 9.17) is 27.8 Å². The average molecular weight is 277 g/mol. The molecule has 0 radical (unpaired) electrons. The number of ether oxygens (including phenoxy) is 1. The first kappa shape index (κ1) is 13.2. The molecule has 19 heavy (non-hydrogen) atoms. The molecule has 0 fully saturated rings. The number of aryl methyl sites for hydroxylation is 1. The van der Waals surface area contributed by atoms with Crippen LogP contribution in [0.5, 0.6) is 11.5 Å². The molecule has 0 saturated carbocycles. The highest BCUT2D eigenvalue weighted by molar-refractivity contribution is 6.31. The van der Waals surface area contributed by atoms with Gasteiger partial charge in [0.2, 0.25) is 0 Å². The van der Waals surface area contributed by atoms with E-state index in [1.807, 2.05) is 6.92 Å². The Morgan fingerprint density at radius 3 is 2.58 bits per heavy atom. The molecule has 0 heterocycles. The van der Waals surface area contributed by atoms with Crippen molar-refractivity contribution in [3.05, 3.63) is 52.5 Å². The zero-order valence-corrected chi connectivity index (χ0v) is 11.1. The molecule has 2 aromatic rings. The van der Waals surface area contributed by atoms with Crippen LogP contribution in [0.3, 0.4) is 0 Å². The number of rotatable bonds is 3. The first-order valence-electron chi connectivity index (χ1n) is 5.60. The third-order valence-electron chi connectivity index (χ3n) is 2.63. The number of nitrogen functional groups attached to an aromatic ring is 1. The lowest BCUT2D eigenvalue weighted by atomic mass is 10.1. The van der Waals surface area contributed by atoms with Gasteiger partial charge in [-0.1, -0.05) is 11.6 Å². The minimum Gasteiger partial charge on any atom is -0.456 e. The van der Waals surface area contributed by atoms with Crippen LogP contribution in [0.1, 0.15) is 15.9 Å². The van der Waals surface area contributed by atoms with E-state index in [2.05, 4.69) is 0 Å². The van der Waals surface area contributed by atoms with Crippen molar-refractivity contribution in [2.75, 3.05) is 5.73 Å². The van der Waals surface area contributed by atoms with E-state index >= 15 is 0 Å². The van der Waals surface area contributed by atoms with Gasteiger partial charge in [0.25, 0.3) is 5.91 Å². The van der Waals surface area contributed by atoms with Crippen molar-refractivity contribution >= 4 is 23.2 Å². The molecular weight excluding hydrogens is 264 g/mol. The molecule has 0 bridgehead atoms. The van der Waals surface area contributed by atoms with Crippen LogP contribution in [0.25, 0.3) is 0 Å². The van der Waals surface area contributed by atoms with Crippen LogP contribution < -0.4 is 16.2 Å². The number of hydrogen-bond acceptors (Lipinski definition) is 3. The number of carbonyl (C=O) groups excluding carboxylic acids is 1. The van der Waals surface area contributed by atoms with E-state index in [9.17, 15) is 4.79 Å². The van der Waals surface area contributed by atoms with Crippen molar-refractivity contribution in [1.82, 2.24) is 0 Å². The fourth-order valence-electron chi connectivity index (χ4n) is 1.63. The molecule has 4 nitrogen and oxygen atoms in total.